The number of amidine groups is 1. The summed E-state index contributed by atoms with van der Waals surface area (Å²) in [6, 6.07) is 2.38. The van der Waals surface area contributed by atoms with Gasteiger partial charge < -0.3 is 10.6 Å². The van der Waals surface area contributed by atoms with Crippen molar-refractivity contribution in [1.82, 2.24) is 0 Å². The topological polar surface area (TPSA) is 53.1 Å². The zero-order valence-corrected chi connectivity index (χ0v) is 10.9. The van der Waals surface area contributed by atoms with E-state index >= 15 is 0 Å². The third kappa shape index (κ3) is 2.43. The monoisotopic (exact) mass is 271 g/mol. The van der Waals surface area contributed by atoms with Crippen molar-refractivity contribution < 1.29 is 8.78 Å². The summed E-state index contributed by atoms with van der Waals surface area (Å²) < 4.78 is 27.9. The maximum atomic E-state index is 13.9. The standard InChI is InChI=1S/C12H15F2N3S/c1-17(8-2-3-18-6-8)11-9(13)4-7(12(15)16)5-10(11)14/h4-5,8H,2-3,6H2,1H3,(H3,15,16). The summed E-state index contributed by atoms with van der Waals surface area (Å²) in [5.74, 6) is 0.228. The third-order valence-electron chi connectivity index (χ3n) is 3.13. The number of anilines is 1. The van der Waals surface area contributed by atoms with Crippen LogP contribution in [0.5, 0.6) is 0 Å². The van der Waals surface area contributed by atoms with Gasteiger partial charge in [0, 0.05) is 24.4 Å². The molecule has 1 saturated heterocycles. The van der Waals surface area contributed by atoms with E-state index in [1.54, 1.807) is 23.7 Å². The lowest BCUT2D eigenvalue weighted by molar-refractivity contribution is 0.562. The Morgan fingerprint density at radius 1 is 1.44 bits per heavy atom. The first-order chi connectivity index (χ1) is 8.50. The molecule has 1 fully saturated rings. The minimum Gasteiger partial charge on any atom is -0.384 e. The summed E-state index contributed by atoms with van der Waals surface area (Å²) in [4.78, 5) is 1.65. The average Bonchev–Trinajstić information content (AvgIpc) is 2.80. The van der Waals surface area contributed by atoms with Crippen LogP contribution in [-0.2, 0) is 0 Å². The SMILES string of the molecule is CN(c1c(F)cc(C(=N)N)cc1F)C1CCSC1. The number of nitrogen functional groups attached to an aromatic ring is 1. The zero-order valence-electron chi connectivity index (χ0n) is 10.0. The van der Waals surface area contributed by atoms with Gasteiger partial charge in [-0.3, -0.25) is 5.41 Å². The van der Waals surface area contributed by atoms with Gasteiger partial charge in [0.15, 0.2) is 0 Å². The van der Waals surface area contributed by atoms with Crippen molar-refractivity contribution >= 4 is 23.3 Å². The number of halogens is 2. The second kappa shape index (κ2) is 5.14. The van der Waals surface area contributed by atoms with E-state index < -0.39 is 11.6 Å². The zero-order chi connectivity index (χ0) is 13.3. The first-order valence-electron chi connectivity index (χ1n) is 5.64. The molecule has 0 amide bonds. The smallest absolute Gasteiger partial charge is 0.150 e. The number of hydrogen-bond donors (Lipinski definition) is 2. The molecule has 98 valence electrons. The fraction of sp³-hybridized carbons (Fsp3) is 0.417. The molecule has 1 atom stereocenters. The van der Waals surface area contributed by atoms with Gasteiger partial charge in [0.25, 0.3) is 0 Å². The van der Waals surface area contributed by atoms with Gasteiger partial charge in [0.2, 0.25) is 0 Å². The molecule has 0 spiro atoms. The van der Waals surface area contributed by atoms with Crippen LogP contribution in [0.4, 0.5) is 14.5 Å². The number of nitrogens with one attached hydrogen (secondary N) is 1. The second-order valence-corrected chi connectivity index (χ2v) is 5.48. The first-order valence-corrected chi connectivity index (χ1v) is 6.80. The van der Waals surface area contributed by atoms with Crippen LogP contribution in [0.1, 0.15) is 12.0 Å². The van der Waals surface area contributed by atoms with Crippen molar-refractivity contribution in [2.75, 3.05) is 23.5 Å². The van der Waals surface area contributed by atoms with Crippen molar-refractivity contribution in [2.24, 2.45) is 5.73 Å². The van der Waals surface area contributed by atoms with E-state index in [2.05, 4.69) is 0 Å². The van der Waals surface area contributed by atoms with E-state index in [-0.39, 0.29) is 23.1 Å². The Bertz CT molecular complexity index is 449. The van der Waals surface area contributed by atoms with Crippen LogP contribution in [0.2, 0.25) is 0 Å². The molecule has 6 heteroatoms. The molecule has 18 heavy (non-hydrogen) atoms. The normalized spacial score (nSPS) is 18.9. The molecule has 1 aromatic rings. The summed E-state index contributed by atoms with van der Waals surface area (Å²) >= 11 is 1.78. The molecule has 0 radical (unpaired) electrons. The van der Waals surface area contributed by atoms with E-state index in [0.29, 0.717) is 0 Å². The molecule has 3 N–H and O–H groups in total. The quantitative estimate of drug-likeness (QED) is 0.654. The predicted octanol–water partition coefficient (Wildman–Crippen LogP) is 2.19. The van der Waals surface area contributed by atoms with Crippen LogP contribution in [-0.4, -0.2) is 30.4 Å². The molecule has 1 heterocycles. The van der Waals surface area contributed by atoms with Gasteiger partial charge in [-0.2, -0.15) is 11.8 Å². The molecule has 1 aliphatic rings. The van der Waals surface area contributed by atoms with E-state index in [1.165, 1.54) is 0 Å². The van der Waals surface area contributed by atoms with Crippen LogP contribution in [0, 0.1) is 17.0 Å². The minimum atomic E-state index is -0.667. The Balaban J connectivity index is 2.35. The van der Waals surface area contributed by atoms with Gasteiger partial charge in [0.05, 0.1) is 0 Å². The largest absolute Gasteiger partial charge is 0.384 e. The molecule has 2 rings (SSSR count). The lowest BCUT2D eigenvalue weighted by Gasteiger charge is -2.27. The second-order valence-electron chi connectivity index (χ2n) is 4.33. The van der Waals surface area contributed by atoms with Gasteiger partial charge in [-0.25, -0.2) is 8.78 Å². The lowest BCUT2D eigenvalue weighted by Crippen LogP contribution is -2.33. The van der Waals surface area contributed by atoms with E-state index in [9.17, 15) is 8.78 Å². The maximum absolute atomic E-state index is 13.9. The lowest BCUT2D eigenvalue weighted by atomic mass is 10.1. The van der Waals surface area contributed by atoms with Crippen molar-refractivity contribution in [3.8, 4) is 0 Å². The fourth-order valence-corrected chi connectivity index (χ4v) is 3.34. The number of nitrogens with two attached hydrogens (primary N) is 1. The van der Waals surface area contributed by atoms with Crippen molar-refractivity contribution in [1.29, 1.82) is 5.41 Å². The summed E-state index contributed by atoms with van der Waals surface area (Å²) in [5, 5.41) is 7.20. The Morgan fingerprint density at radius 2 is 2.06 bits per heavy atom. The summed E-state index contributed by atoms with van der Waals surface area (Å²) in [7, 11) is 1.70. The molecule has 1 aromatic carbocycles. The number of nitrogens with zero attached hydrogens (tertiary/aromatic N) is 1. The molecular weight excluding hydrogens is 256 g/mol. The van der Waals surface area contributed by atoms with Crippen LogP contribution in [0.15, 0.2) is 12.1 Å². The summed E-state index contributed by atoms with van der Waals surface area (Å²) in [6.45, 7) is 0. The number of hydrogen-bond acceptors (Lipinski definition) is 3. The van der Waals surface area contributed by atoms with E-state index in [0.717, 1.165) is 30.1 Å². The van der Waals surface area contributed by atoms with E-state index in [4.69, 9.17) is 11.1 Å². The molecule has 0 bridgehead atoms. The molecule has 1 unspecified atom stereocenters. The highest BCUT2D eigenvalue weighted by Crippen LogP contribution is 2.30. The Kier molecular flexibility index (Phi) is 3.75. The Hall–Kier alpha value is -1.30. The highest BCUT2D eigenvalue weighted by molar-refractivity contribution is 7.99. The highest BCUT2D eigenvalue weighted by atomic mass is 32.2. The van der Waals surface area contributed by atoms with Crippen LogP contribution in [0.25, 0.3) is 0 Å². The molecule has 0 aromatic heterocycles. The third-order valence-corrected chi connectivity index (χ3v) is 4.28. The van der Waals surface area contributed by atoms with Crippen LogP contribution < -0.4 is 10.6 Å². The molecular formula is C12H15F2N3S. The van der Waals surface area contributed by atoms with Gasteiger partial charge in [-0.05, 0) is 24.3 Å². The molecule has 3 nitrogen and oxygen atoms in total. The summed E-state index contributed by atoms with van der Waals surface area (Å²) in [6.07, 6.45) is 0.925. The number of benzene rings is 1. The van der Waals surface area contributed by atoms with Gasteiger partial charge in [-0.1, -0.05) is 0 Å². The molecule has 0 saturated carbocycles. The highest BCUT2D eigenvalue weighted by Gasteiger charge is 2.25. The van der Waals surface area contributed by atoms with Crippen molar-refractivity contribution in [3.63, 3.8) is 0 Å². The van der Waals surface area contributed by atoms with Gasteiger partial charge in [0.1, 0.15) is 23.2 Å². The Morgan fingerprint density at radius 3 is 2.50 bits per heavy atom. The molecule has 0 aliphatic carbocycles. The average molecular weight is 271 g/mol. The predicted molar refractivity (Wildman–Crippen MR) is 71.5 cm³/mol. The van der Waals surface area contributed by atoms with E-state index in [1.807, 2.05) is 0 Å². The van der Waals surface area contributed by atoms with Gasteiger partial charge >= 0.3 is 0 Å². The Labute approximate surface area is 109 Å². The van der Waals surface area contributed by atoms with Gasteiger partial charge in [-0.15, -0.1) is 0 Å². The van der Waals surface area contributed by atoms with Crippen molar-refractivity contribution in [3.05, 3.63) is 29.3 Å². The first kappa shape index (κ1) is 13.1. The van der Waals surface area contributed by atoms with Crippen LogP contribution >= 0.6 is 11.8 Å². The maximum Gasteiger partial charge on any atom is 0.150 e. The minimum absolute atomic E-state index is 0.0347. The molecule has 1 aliphatic heterocycles. The number of thioether (sulfide) groups is 1. The van der Waals surface area contributed by atoms with Crippen LogP contribution in [0.3, 0.4) is 0 Å². The summed E-state index contributed by atoms with van der Waals surface area (Å²) in [5.41, 5.74) is 5.27. The van der Waals surface area contributed by atoms with Crippen molar-refractivity contribution in [2.45, 2.75) is 12.5 Å². The fourth-order valence-electron chi connectivity index (χ4n) is 2.07. The number of rotatable bonds is 3.